The van der Waals surface area contributed by atoms with Crippen molar-refractivity contribution in [1.29, 1.82) is 0 Å². The largest absolute Gasteiger partial charge is 0.312 e. The van der Waals surface area contributed by atoms with Crippen molar-refractivity contribution in [3.8, 4) is 0 Å². The molecule has 3 rings (SSSR count). The molecule has 0 radical (unpaired) electrons. The molecular formula is C12H23N3O2S. The van der Waals surface area contributed by atoms with Gasteiger partial charge in [-0.05, 0) is 38.1 Å². The van der Waals surface area contributed by atoms with Gasteiger partial charge in [0.05, 0.1) is 0 Å². The van der Waals surface area contributed by atoms with E-state index in [1.807, 2.05) is 0 Å². The van der Waals surface area contributed by atoms with Gasteiger partial charge in [0.25, 0.3) is 10.2 Å². The van der Waals surface area contributed by atoms with Crippen LogP contribution in [-0.2, 0) is 10.2 Å². The molecule has 6 heteroatoms. The first-order valence-electron chi connectivity index (χ1n) is 7.16. The average Bonchev–Trinajstić information content (AvgIpc) is 2.84. The highest BCUT2D eigenvalue weighted by atomic mass is 32.2. The Morgan fingerprint density at radius 1 is 0.944 bits per heavy atom. The van der Waals surface area contributed by atoms with Gasteiger partial charge in [0.1, 0.15) is 0 Å². The Labute approximate surface area is 110 Å². The van der Waals surface area contributed by atoms with Crippen LogP contribution in [0.5, 0.6) is 0 Å². The molecule has 3 aliphatic heterocycles. The van der Waals surface area contributed by atoms with E-state index >= 15 is 0 Å². The number of rotatable bonds is 2. The number of nitrogens with one attached hydrogen (secondary N) is 1. The molecule has 0 aliphatic carbocycles. The van der Waals surface area contributed by atoms with Crippen LogP contribution in [0.3, 0.4) is 0 Å². The summed E-state index contributed by atoms with van der Waals surface area (Å²) >= 11 is 0. The van der Waals surface area contributed by atoms with Crippen molar-refractivity contribution in [2.45, 2.75) is 38.1 Å². The quantitative estimate of drug-likeness (QED) is 0.792. The summed E-state index contributed by atoms with van der Waals surface area (Å²) in [4.78, 5) is 0. The summed E-state index contributed by atoms with van der Waals surface area (Å²) in [6.07, 6.45) is 5.54. The minimum Gasteiger partial charge on any atom is -0.312 e. The van der Waals surface area contributed by atoms with Gasteiger partial charge in [-0.2, -0.15) is 17.0 Å². The van der Waals surface area contributed by atoms with E-state index in [1.165, 1.54) is 19.3 Å². The molecule has 2 unspecified atom stereocenters. The lowest BCUT2D eigenvalue weighted by atomic mass is 9.94. The van der Waals surface area contributed by atoms with E-state index < -0.39 is 10.2 Å². The Kier molecular flexibility index (Phi) is 3.62. The van der Waals surface area contributed by atoms with Crippen LogP contribution in [0.15, 0.2) is 0 Å². The van der Waals surface area contributed by atoms with E-state index in [0.717, 1.165) is 25.9 Å². The van der Waals surface area contributed by atoms with Crippen LogP contribution in [-0.4, -0.2) is 55.8 Å². The van der Waals surface area contributed by atoms with Crippen LogP contribution in [0.1, 0.15) is 32.1 Å². The lowest BCUT2D eigenvalue weighted by molar-refractivity contribution is 0.313. The summed E-state index contributed by atoms with van der Waals surface area (Å²) in [5, 5.41) is 3.46. The van der Waals surface area contributed by atoms with E-state index in [4.69, 9.17) is 0 Å². The zero-order valence-electron chi connectivity index (χ0n) is 10.8. The molecule has 0 amide bonds. The van der Waals surface area contributed by atoms with Crippen molar-refractivity contribution in [3.05, 3.63) is 0 Å². The van der Waals surface area contributed by atoms with Crippen LogP contribution >= 0.6 is 0 Å². The Hall–Kier alpha value is -0.170. The minimum absolute atomic E-state index is 0.387. The molecule has 3 heterocycles. The predicted octanol–water partition coefficient (Wildman–Crippen LogP) is 0.401. The molecule has 18 heavy (non-hydrogen) atoms. The van der Waals surface area contributed by atoms with Crippen molar-refractivity contribution in [3.63, 3.8) is 0 Å². The highest BCUT2D eigenvalue weighted by Gasteiger charge is 2.41. The maximum absolute atomic E-state index is 12.6. The number of hydrogen-bond donors (Lipinski definition) is 1. The monoisotopic (exact) mass is 273 g/mol. The second kappa shape index (κ2) is 5.07. The SMILES string of the molecule is O=S(=O)(N1CCCCC1)N1CC2CCCNC2C1. The first-order chi connectivity index (χ1) is 8.68. The van der Waals surface area contributed by atoms with Crippen molar-refractivity contribution in [2.24, 2.45) is 5.92 Å². The number of piperidine rings is 2. The van der Waals surface area contributed by atoms with Crippen LogP contribution in [0.4, 0.5) is 0 Å². The highest BCUT2D eigenvalue weighted by molar-refractivity contribution is 7.86. The van der Waals surface area contributed by atoms with Crippen molar-refractivity contribution in [1.82, 2.24) is 13.9 Å². The summed E-state index contributed by atoms with van der Waals surface area (Å²) < 4.78 is 28.5. The Morgan fingerprint density at radius 3 is 2.44 bits per heavy atom. The van der Waals surface area contributed by atoms with E-state index in [9.17, 15) is 8.42 Å². The van der Waals surface area contributed by atoms with Gasteiger partial charge in [0.2, 0.25) is 0 Å². The maximum atomic E-state index is 12.6. The molecule has 3 aliphatic rings. The van der Waals surface area contributed by atoms with Gasteiger partial charge in [-0.1, -0.05) is 6.42 Å². The molecule has 3 saturated heterocycles. The lowest BCUT2D eigenvalue weighted by Gasteiger charge is -2.30. The Morgan fingerprint density at radius 2 is 1.72 bits per heavy atom. The second-order valence-electron chi connectivity index (χ2n) is 5.75. The molecule has 1 N–H and O–H groups in total. The van der Waals surface area contributed by atoms with Crippen LogP contribution in [0.25, 0.3) is 0 Å². The number of fused-ring (bicyclic) bond motifs is 1. The Bertz CT molecular complexity index is 378. The summed E-state index contributed by atoms with van der Waals surface area (Å²) in [7, 11) is -3.19. The molecule has 0 spiro atoms. The summed E-state index contributed by atoms with van der Waals surface area (Å²) in [5.41, 5.74) is 0. The normalized spacial score (nSPS) is 35.6. The fourth-order valence-electron chi connectivity index (χ4n) is 3.45. The van der Waals surface area contributed by atoms with Gasteiger partial charge >= 0.3 is 0 Å². The van der Waals surface area contributed by atoms with Gasteiger partial charge in [-0.15, -0.1) is 0 Å². The smallest absolute Gasteiger partial charge is 0.282 e. The van der Waals surface area contributed by atoms with Crippen LogP contribution in [0.2, 0.25) is 0 Å². The second-order valence-corrected chi connectivity index (χ2v) is 7.68. The topological polar surface area (TPSA) is 52.7 Å². The lowest BCUT2D eigenvalue weighted by Crippen LogP contribution is -2.46. The maximum Gasteiger partial charge on any atom is 0.282 e. The van der Waals surface area contributed by atoms with Crippen LogP contribution in [0, 0.1) is 5.92 Å². The third-order valence-electron chi connectivity index (χ3n) is 4.53. The summed E-state index contributed by atoms with van der Waals surface area (Å²) in [5.74, 6) is 0.526. The fourth-order valence-corrected chi connectivity index (χ4v) is 5.23. The molecular weight excluding hydrogens is 250 g/mol. The molecule has 5 nitrogen and oxygen atoms in total. The molecule has 2 atom stereocenters. The van der Waals surface area contributed by atoms with Gasteiger partial charge < -0.3 is 5.32 Å². The zero-order valence-corrected chi connectivity index (χ0v) is 11.7. The molecule has 104 valence electrons. The van der Waals surface area contributed by atoms with Gasteiger partial charge in [-0.3, -0.25) is 0 Å². The van der Waals surface area contributed by atoms with E-state index in [1.54, 1.807) is 8.61 Å². The predicted molar refractivity (Wildman–Crippen MR) is 70.4 cm³/mol. The first-order valence-corrected chi connectivity index (χ1v) is 8.56. The van der Waals surface area contributed by atoms with Gasteiger partial charge in [0, 0.05) is 32.2 Å². The summed E-state index contributed by atoms with van der Waals surface area (Å²) in [6.45, 7) is 3.85. The first kappa shape index (κ1) is 12.8. The molecule has 0 aromatic rings. The number of hydrogen-bond acceptors (Lipinski definition) is 3. The standard InChI is InChI=1S/C12H23N3O2S/c16-18(17,14-7-2-1-3-8-14)15-9-11-5-4-6-13-12(11)10-15/h11-13H,1-10H2. The summed E-state index contributed by atoms with van der Waals surface area (Å²) in [6, 6.07) is 0.387. The van der Waals surface area contributed by atoms with Crippen molar-refractivity contribution < 1.29 is 8.42 Å². The van der Waals surface area contributed by atoms with Crippen molar-refractivity contribution >= 4 is 10.2 Å². The van der Waals surface area contributed by atoms with Crippen LogP contribution < -0.4 is 5.32 Å². The number of nitrogens with zero attached hydrogens (tertiary/aromatic N) is 2. The third-order valence-corrected chi connectivity index (χ3v) is 6.50. The van der Waals surface area contributed by atoms with E-state index in [-0.39, 0.29) is 0 Å². The Balaban J connectivity index is 1.70. The highest BCUT2D eigenvalue weighted by Crippen LogP contribution is 2.28. The van der Waals surface area contributed by atoms with Gasteiger partial charge in [0.15, 0.2) is 0 Å². The molecule has 3 fully saturated rings. The minimum atomic E-state index is -3.19. The molecule has 0 saturated carbocycles. The van der Waals surface area contributed by atoms with E-state index in [0.29, 0.717) is 31.6 Å². The van der Waals surface area contributed by atoms with Gasteiger partial charge in [-0.25, -0.2) is 0 Å². The molecule has 0 aromatic heterocycles. The third kappa shape index (κ3) is 2.31. The molecule has 0 bridgehead atoms. The van der Waals surface area contributed by atoms with Crippen molar-refractivity contribution in [2.75, 3.05) is 32.7 Å². The fraction of sp³-hybridized carbons (Fsp3) is 1.00. The average molecular weight is 273 g/mol. The van der Waals surface area contributed by atoms with E-state index in [2.05, 4.69) is 5.32 Å². The molecule has 0 aromatic carbocycles. The zero-order chi connectivity index (χ0) is 12.6.